The molecule has 2 N–H and O–H groups in total. The van der Waals surface area contributed by atoms with Gasteiger partial charge in [-0.3, -0.25) is 0 Å². The fourth-order valence-corrected chi connectivity index (χ4v) is 1.59. The van der Waals surface area contributed by atoms with Crippen molar-refractivity contribution in [3.63, 3.8) is 0 Å². The van der Waals surface area contributed by atoms with E-state index < -0.39 is 0 Å². The van der Waals surface area contributed by atoms with Crippen molar-refractivity contribution < 1.29 is 0 Å². The lowest BCUT2D eigenvalue weighted by Gasteiger charge is -2.05. The van der Waals surface area contributed by atoms with Gasteiger partial charge in [0.25, 0.3) is 0 Å². The molecule has 1 aromatic carbocycles. The van der Waals surface area contributed by atoms with Gasteiger partial charge in [0.05, 0.1) is 10.0 Å². The maximum Gasteiger partial charge on any atom is 0.0595 e. The van der Waals surface area contributed by atoms with E-state index in [1.54, 1.807) is 0 Å². The van der Waals surface area contributed by atoms with Gasteiger partial charge in [-0.2, -0.15) is 0 Å². The zero-order valence-electron chi connectivity index (χ0n) is 8.82. The summed E-state index contributed by atoms with van der Waals surface area (Å²) in [5, 5.41) is 7.67. The van der Waals surface area contributed by atoms with Crippen LogP contribution in [-0.4, -0.2) is 20.1 Å². The highest BCUT2D eigenvalue weighted by molar-refractivity contribution is 6.42. The summed E-state index contributed by atoms with van der Waals surface area (Å²) in [6.07, 6.45) is 1.12. The van der Waals surface area contributed by atoms with Crippen LogP contribution < -0.4 is 10.6 Å². The third-order valence-corrected chi connectivity index (χ3v) is 2.83. The lowest BCUT2D eigenvalue weighted by atomic mass is 10.2. The van der Waals surface area contributed by atoms with Crippen molar-refractivity contribution in [3.05, 3.63) is 33.8 Å². The maximum atomic E-state index is 5.91. The molecular weight excluding hydrogens is 231 g/mol. The van der Waals surface area contributed by atoms with Gasteiger partial charge in [-0.05, 0) is 44.3 Å². The van der Waals surface area contributed by atoms with Crippen molar-refractivity contribution in [1.29, 1.82) is 0 Å². The minimum Gasteiger partial charge on any atom is -0.320 e. The van der Waals surface area contributed by atoms with Crippen molar-refractivity contribution in [2.75, 3.05) is 20.1 Å². The second kappa shape index (κ2) is 7.07. The first-order valence-corrected chi connectivity index (χ1v) is 5.79. The fourth-order valence-electron chi connectivity index (χ4n) is 1.27. The standard InChI is InChI=1S/C11H16Cl2N2/c1-14-5-2-6-15-8-9-3-4-10(12)11(13)7-9/h3-4,7,14-15H,2,5-6,8H2,1H3. The molecular formula is C11H16Cl2N2. The number of hydrogen-bond donors (Lipinski definition) is 2. The minimum atomic E-state index is 0.607. The van der Waals surface area contributed by atoms with Gasteiger partial charge in [0, 0.05) is 6.54 Å². The van der Waals surface area contributed by atoms with Crippen LogP contribution in [0.15, 0.2) is 18.2 Å². The van der Waals surface area contributed by atoms with E-state index in [2.05, 4.69) is 10.6 Å². The van der Waals surface area contributed by atoms with Crippen molar-refractivity contribution in [3.8, 4) is 0 Å². The zero-order chi connectivity index (χ0) is 11.1. The summed E-state index contributed by atoms with van der Waals surface area (Å²) in [7, 11) is 1.96. The molecule has 2 nitrogen and oxygen atoms in total. The normalized spacial score (nSPS) is 10.6. The van der Waals surface area contributed by atoms with E-state index in [0.29, 0.717) is 10.0 Å². The SMILES string of the molecule is CNCCCNCc1ccc(Cl)c(Cl)c1. The lowest BCUT2D eigenvalue weighted by Crippen LogP contribution is -2.19. The van der Waals surface area contributed by atoms with Crippen LogP contribution in [0.25, 0.3) is 0 Å². The molecule has 15 heavy (non-hydrogen) atoms. The Morgan fingerprint density at radius 2 is 1.93 bits per heavy atom. The molecule has 0 heterocycles. The van der Waals surface area contributed by atoms with Crippen LogP contribution in [0.5, 0.6) is 0 Å². The average Bonchev–Trinajstić information content (AvgIpc) is 2.23. The Bertz CT molecular complexity index is 303. The second-order valence-electron chi connectivity index (χ2n) is 3.38. The van der Waals surface area contributed by atoms with Crippen LogP contribution in [0.2, 0.25) is 10.0 Å². The highest BCUT2D eigenvalue weighted by atomic mass is 35.5. The van der Waals surface area contributed by atoms with E-state index in [-0.39, 0.29) is 0 Å². The van der Waals surface area contributed by atoms with Gasteiger partial charge >= 0.3 is 0 Å². The smallest absolute Gasteiger partial charge is 0.0595 e. The predicted octanol–water partition coefficient (Wildman–Crippen LogP) is 2.69. The van der Waals surface area contributed by atoms with Gasteiger partial charge in [0.2, 0.25) is 0 Å². The molecule has 0 aliphatic heterocycles. The van der Waals surface area contributed by atoms with Crippen LogP contribution in [-0.2, 0) is 6.54 Å². The lowest BCUT2D eigenvalue weighted by molar-refractivity contribution is 0.625. The topological polar surface area (TPSA) is 24.1 Å². The number of hydrogen-bond acceptors (Lipinski definition) is 2. The highest BCUT2D eigenvalue weighted by Crippen LogP contribution is 2.22. The van der Waals surface area contributed by atoms with Crippen LogP contribution in [0.4, 0.5) is 0 Å². The Kier molecular flexibility index (Phi) is 6.03. The molecule has 0 atom stereocenters. The summed E-state index contributed by atoms with van der Waals surface area (Å²) in [5.41, 5.74) is 1.16. The zero-order valence-corrected chi connectivity index (χ0v) is 10.3. The van der Waals surface area contributed by atoms with E-state index in [4.69, 9.17) is 23.2 Å². The highest BCUT2D eigenvalue weighted by Gasteiger charge is 1.98. The first-order valence-electron chi connectivity index (χ1n) is 5.03. The van der Waals surface area contributed by atoms with Gasteiger partial charge < -0.3 is 10.6 Å². The molecule has 0 fully saturated rings. The van der Waals surface area contributed by atoms with Gasteiger partial charge in [-0.25, -0.2) is 0 Å². The molecule has 0 aromatic heterocycles. The van der Waals surface area contributed by atoms with Crippen LogP contribution >= 0.6 is 23.2 Å². The van der Waals surface area contributed by atoms with E-state index in [1.807, 2.05) is 25.2 Å². The van der Waals surface area contributed by atoms with Gasteiger partial charge in [0.15, 0.2) is 0 Å². The Morgan fingerprint density at radius 1 is 1.13 bits per heavy atom. The van der Waals surface area contributed by atoms with Crippen molar-refractivity contribution in [2.45, 2.75) is 13.0 Å². The Labute approximate surface area is 101 Å². The number of nitrogens with one attached hydrogen (secondary N) is 2. The van der Waals surface area contributed by atoms with Crippen molar-refractivity contribution in [1.82, 2.24) is 10.6 Å². The first-order chi connectivity index (χ1) is 7.24. The molecule has 4 heteroatoms. The Hall–Kier alpha value is -0.280. The van der Waals surface area contributed by atoms with Crippen molar-refractivity contribution >= 4 is 23.2 Å². The molecule has 84 valence electrons. The maximum absolute atomic E-state index is 5.91. The molecule has 0 aliphatic carbocycles. The number of benzene rings is 1. The molecule has 0 spiro atoms. The Morgan fingerprint density at radius 3 is 2.60 bits per heavy atom. The molecule has 0 amide bonds. The van der Waals surface area contributed by atoms with E-state index in [9.17, 15) is 0 Å². The van der Waals surface area contributed by atoms with Gasteiger partial charge in [0.1, 0.15) is 0 Å². The fraction of sp³-hybridized carbons (Fsp3) is 0.455. The molecule has 0 unspecified atom stereocenters. The largest absolute Gasteiger partial charge is 0.320 e. The first kappa shape index (κ1) is 12.8. The molecule has 0 saturated heterocycles. The summed E-state index contributed by atoms with van der Waals surface area (Å²) >= 11 is 11.7. The molecule has 0 aliphatic rings. The van der Waals surface area contributed by atoms with Crippen LogP contribution in [0.1, 0.15) is 12.0 Å². The van der Waals surface area contributed by atoms with E-state index >= 15 is 0 Å². The Balaban J connectivity index is 2.28. The summed E-state index contributed by atoms with van der Waals surface area (Å²) in [6, 6.07) is 5.71. The van der Waals surface area contributed by atoms with Crippen LogP contribution in [0.3, 0.4) is 0 Å². The van der Waals surface area contributed by atoms with Gasteiger partial charge in [-0.1, -0.05) is 29.3 Å². The molecule has 1 rings (SSSR count). The summed E-state index contributed by atoms with van der Waals surface area (Å²) in [4.78, 5) is 0. The molecule has 0 bridgehead atoms. The molecule has 0 saturated carbocycles. The van der Waals surface area contributed by atoms with Crippen LogP contribution in [0, 0.1) is 0 Å². The molecule has 1 aromatic rings. The minimum absolute atomic E-state index is 0.607. The molecule has 0 radical (unpaired) electrons. The predicted molar refractivity (Wildman–Crippen MR) is 66.7 cm³/mol. The summed E-state index contributed by atoms with van der Waals surface area (Å²) < 4.78 is 0. The quantitative estimate of drug-likeness (QED) is 0.755. The monoisotopic (exact) mass is 246 g/mol. The number of halogens is 2. The number of rotatable bonds is 6. The second-order valence-corrected chi connectivity index (χ2v) is 4.20. The third kappa shape index (κ3) is 4.85. The third-order valence-electron chi connectivity index (χ3n) is 2.09. The summed E-state index contributed by atoms with van der Waals surface area (Å²) in [6.45, 7) is 2.87. The van der Waals surface area contributed by atoms with Crippen molar-refractivity contribution in [2.24, 2.45) is 0 Å². The summed E-state index contributed by atoms with van der Waals surface area (Å²) in [5.74, 6) is 0. The van der Waals surface area contributed by atoms with Gasteiger partial charge in [-0.15, -0.1) is 0 Å². The van der Waals surface area contributed by atoms with E-state index in [1.165, 1.54) is 0 Å². The van der Waals surface area contributed by atoms with E-state index in [0.717, 1.165) is 31.6 Å². The average molecular weight is 247 g/mol.